The molecule has 0 saturated carbocycles. The lowest BCUT2D eigenvalue weighted by Crippen LogP contribution is -2.28. The highest BCUT2D eigenvalue weighted by Crippen LogP contribution is 2.11. The summed E-state index contributed by atoms with van der Waals surface area (Å²) in [5, 5.41) is 11.5. The normalized spacial score (nSPS) is 11.4. The van der Waals surface area contributed by atoms with Crippen molar-refractivity contribution in [2.45, 2.75) is 6.92 Å². The Morgan fingerprint density at radius 1 is 1.37 bits per heavy atom. The number of likely N-dealkylation sites (N-methyl/N-ethyl adjacent to an activating group) is 1. The average Bonchev–Trinajstić information content (AvgIpc) is 2.79. The molecule has 104 valence electrons. The summed E-state index contributed by atoms with van der Waals surface area (Å²) >= 11 is 0. The van der Waals surface area contributed by atoms with E-state index in [2.05, 4.69) is 32.4 Å². The van der Waals surface area contributed by atoms with Crippen molar-refractivity contribution in [3.63, 3.8) is 0 Å². The van der Waals surface area contributed by atoms with Crippen molar-refractivity contribution in [2.75, 3.05) is 45.7 Å². The standard InChI is InChI=1S/C12H20N6O/c1-10-15-16-12-11(14-5-7-18(10)12)13-4-6-17(2)8-9-19-3/h5,7H,4,6,8-9H2,1-3H3,(H,13,14). The van der Waals surface area contributed by atoms with Gasteiger partial charge in [-0.1, -0.05) is 0 Å². The first-order chi connectivity index (χ1) is 9.22. The first-order valence-electron chi connectivity index (χ1n) is 6.30. The minimum Gasteiger partial charge on any atom is -0.383 e. The third-order valence-electron chi connectivity index (χ3n) is 2.96. The van der Waals surface area contributed by atoms with E-state index in [9.17, 15) is 0 Å². The number of fused-ring (bicyclic) bond motifs is 1. The second kappa shape index (κ2) is 6.44. The summed E-state index contributed by atoms with van der Waals surface area (Å²) < 4.78 is 6.96. The SMILES string of the molecule is COCCN(C)CCNc1nccn2c(C)nnc12. The molecule has 0 amide bonds. The van der Waals surface area contributed by atoms with Gasteiger partial charge < -0.3 is 15.0 Å². The van der Waals surface area contributed by atoms with E-state index in [1.54, 1.807) is 13.3 Å². The van der Waals surface area contributed by atoms with E-state index in [0.717, 1.165) is 43.5 Å². The van der Waals surface area contributed by atoms with Crippen LogP contribution in [0.4, 0.5) is 5.82 Å². The molecule has 2 heterocycles. The van der Waals surface area contributed by atoms with Crippen molar-refractivity contribution in [2.24, 2.45) is 0 Å². The second-order valence-electron chi connectivity index (χ2n) is 4.44. The molecule has 0 fully saturated rings. The van der Waals surface area contributed by atoms with E-state index in [-0.39, 0.29) is 0 Å². The smallest absolute Gasteiger partial charge is 0.203 e. The number of rotatable bonds is 7. The number of aromatic nitrogens is 4. The predicted molar refractivity (Wildman–Crippen MR) is 73.4 cm³/mol. The number of anilines is 1. The molecule has 0 bridgehead atoms. The molecule has 2 rings (SSSR count). The first-order valence-corrected chi connectivity index (χ1v) is 6.30. The predicted octanol–water partition coefficient (Wildman–Crippen LogP) is 0.423. The first kappa shape index (κ1) is 13.7. The molecule has 0 unspecified atom stereocenters. The molecule has 2 aromatic heterocycles. The molecule has 0 aliphatic carbocycles. The lowest BCUT2D eigenvalue weighted by molar-refractivity contribution is 0.163. The van der Waals surface area contributed by atoms with Gasteiger partial charge in [0.05, 0.1) is 6.61 Å². The molecule has 2 aromatic rings. The molecule has 0 radical (unpaired) electrons. The third kappa shape index (κ3) is 3.39. The van der Waals surface area contributed by atoms with Crippen LogP contribution >= 0.6 is 0 Å². The van der Waals surface area contributed by atoms with Crippen LogP contribution in [0, 0.1) is 6.92 Å². The van der Waals surface area contributed by atoms with Crippen molar-refractivity contribution in [1.29, 1.82) is 0 Å². The zero-order valence-electron chi connectivity index (χ0n) is 11.6. The van der Waals surface area contributed by atoms with Gasteiger partial charge in [-0.25, -0.2) is 4.98 Å². The molecular formula is C12H20N6O. The number of nitrogens with one attached hydrogen (secondary N) is 1. The van der Waals surface area contributed by atoms with Gasteiger partial charge in [-0.05, 0) is 14.0 Å². The van der Waals surface area contributed by atoms with Crippen molar-refractivity contribution in [3.05, 3.63) is 18.2 Å². The summed E-state index contributed by atoms with van der Waals surface area (Å²) in [4.78, 5) is 6.50. The van der Waals surface area contributed by atoms with Crippen LogP contribution in [0.5, 0.6) is 0 Å². The Morgan fingerprint density at radius 2 is 2.21 bits per heavy atom. The summed E-state index contributed by atoms with van der Waals surface area (Å²) in [6.07, 6.45) is 3.61. The molecule has 19 heavy (non-hydrogen) atoms. The van der Waals surface area contributed by atoms with Crippen molar-refractivity contribution in [3.8, 4) is 0 Å². The van der Waals surface area contributed by atoms with Gasteiger partial charge in [-0.15, -0.1) is 10.2 Å². The highest BCUT2D eigenvalue weighted by atomic mass is 16.5. The highest BCUT2D eigenvalue weighted by Gasteiger charge is 2.07. The van der Waals surface area contributed by atoms with Crippen LogP contribution in [0.2, 0.25) is 0 Å². The Bertz CT molecular complexity index is 526. The Balaban J connectivity index is 1.91. The van der Waals surface area contributed by atoms with E-state index in [1.807, 2.05) is 17.5 Å². The third-order valence-corrected chi connectivity index (χ3v) is 2.96. The number of hydrogen-bond donors (Lipinski definition) is 1. The Morgan fingerprint density at radius 3 is 3.00 bits per heavy atom. The molecular weight excluding hydrogens is 244 g/mol. The van der Waals surface area contributed by atoms with Crippen LogP contribution in [0.3, 0.4) is 0 Å². The maximum absolute atomic E-state index is 5.04. The van der Waals surface area contributed by atoms with Crippen molar-refractivity contribution < 1.29 is 4.74 Å². The number of nitrogens with zero attached hydrogens (tertiary/aromatic N) is 5. The van der Waals surface area contributed by atoms with Gasteiger partial charge in [0.1, 0.15) is 5.82 Å². The summed E-state index contributed by atoms with van der Waals surface area (Å²) in [6.45, 7) is 5.30. The molecule has 0 aliphatic rings. The molecule has 7 nitrogen and oxygen atoms in total. The molecule has 0 aliphatic heterocycles. The van der Waals surface area contributed by atoms with Gasteiger partial charge in [0.25, 0.3) is 0 Å². The minimum absolute atomic E-state index is 0.744. The van der Waals surface area contributed by atoms with E-state index < -0.39 is 0 Å². The average molecular weight is 264 g/mol. The van der Waals surface area contributed by atoms with Crippen LogP contribution < -0.4 is 5.32 Å². The van der Waals surface area contributed by atoms with Gasteiger partial charge >= 0.3 is 0 Å². The van der Waals surface area contributed by atoms with Gasteiger partial charge in [0, 0.05) is 39.1 Å². The van der Waals surface area contributed by atoms with E-state index in [0.29, 0.717) is 0 Å². The topological polar surface area (TPSA) is 67.6 Å². The van der Waals surface area contributed by atoms with Gasteiger partial charge in [0.15, 0.2) is 5.82 Å². The van der Waals surface area contributed by atoms with Crippen molar-refractivity contribution in [1.82, 2.24) is 24.5 Å². The van der Waals surface area contributed by atoms with E-state index in [1.165, 1.54) is 0 Å². The molecule has 0 saturated heterocycles. The quantitative estimate of drug-likeness (QED) is 0.782. The monoisotopic (exact) mass is 264 g/mol. The number of aryl methyl sites for hydroxylation is 1. The summed E-state index contributed by atoms with van der Waals surface area (Å²) in [5.41, 5.74) is 0.763. The maximum Gasteiger partial charge on any atom is 0.203 e. The molecule has 7 heteroatoms. The molecule has 0 atom stereocenters. The van der Waals surface area contributed by atoms with Crippen LogP contribution in [0.1, 0.15) is 5.82 Å². The van der Waals surface area contributed by atoms with E-state index in [4.69, 9.17) is 4.74 Å². The van der Waals surface area contributed by atoms with Crippen LogP contribution in [-0.2, 0) is 4.74 Å². The Labute approximate surface area is 112 Å². The van der Waals surface area contributed by atoms with Gasteiger partial charge in [0.2, 0.25) is 5.65 Å². The van der Waals surface area contributed by atoms with Gasteiger partial charge in [-0.3, -0.25) is 4.40 Å². The van der Waals surface area contributed by atoms with E-state index >= 15 is 0 Å². The lowest BCUT2D eigenvalue weighted by atomic mass is 10.5. The fraction of sp³-hybridized carbons (Fsp3) is 0.583. The van der Waals surface area contributed by atoms with Crippen LogP contribution in [0.15, 0.2) is 12.4 Å². The largest absolute Gasteiger partial charge is 0.383 e. The summed E-state index contributed by atoms with van der Waals surface area (Å²) in [6, 6.07) is 0. The Hall–Kier alpha value is -1.73. The number of methoxy groups -OCH3 is 1. The zero-order chi connectivity index (χ0) is 13.7. The Kier molecular flexibility index (Phi) is 4.64. The second-order valence-corrected chi connectivity index (χ2v) is 4.44. The highest BCUT2D eigenvalue weighted by molar-refractivity contribution is 5.61. The van der Waals surface area contributed by atoms with Crippen molar-refractivity contribution >= 4 is 11.5 Å². The molecule has 1 N–H and O–H groups in total. The lowest BCUT2D eigenvalue weighted by Gasteiger charge is -2.16. The fourth-order valence-corrected chi connectivity index (χ4v) is 1.79. The number of ether oxygens (including phenoxy) is 1. The minimum atomic E-state index is 0.744. The van der Waals surface area contributed by atoms with Crippen LogP contribution in [0.25, 0.3) is 5.65 Å². The summed E-state index contributed by atoms with van der Waals surface area (Å²) in [7, 11) is 3.78. The van der Waals surface area contributed by atoms with Gasteiger partial charge in [-0.2, -0.15) is 0 Å². The molecule has 0 aromatic carbocycles. The molecule has 0 spiro atoms. The maximum atomic E-state index is 5.04. The summed E-state index contributed by atoms with van der Waals surface area (Å²) in [5.74, 6) is 1.63. The van der Waals surface area contributed by atoms with Crippen LogP contribution in [-0.4, -0.2) is 64.9 Å². The fourth-order valence-electron chi connectivity index (χ4n) is 1.79. The number of hydrogen-bond acceptors (Lipinski definition) is 6. The zero-order valence-corrected chi connectivity index (χ0v) is 11.6.